The van der Waals surface area contributed by atoms with Crippen LogP contribution >= 0.6 is 0 Å². The lowest BCUT2D eigenvalue weighted by Gasteiger charge is -2.18. The van der Waals surface area contributed by atoms with Crippen LogP contribution in [0.2, 0.25) is 0 Å². The number of aryl methyl sites for hydroxylation is 1. The normalized spacial score (nSPS) is 12.8. The first-order chi connectivity index (χ1) is 15.0. The quantitative estimate of drug-likeness (QED) is 0.325. The van der Waals surface area contributed by atoms with Gasteiger partial charge < -0.3 is 20.5 Å². The highest BCUT2D eigenvalue weighted by Crippen LogP contribution is 2.21. The Labute approximate surface area is 191 Å². The van der Waals surface area contributed by atoms with Gasteiger partial charge in [0.15, 0.2) is 9.84 Å². The number of allylic oxidation sites excluding steroid dienone is 1. The molecule has 0 saturated heterocycles. The Hall–Kier alpha value is -2.65. The van der Waals surface area contributed by atoms with Gasteiger partial charge in [-0.1, -0.05) is 32.1 Å². The van der Waals surface area contributed by atoms with Gasteiger partial charge >= 0.3 is 0 Å². The Morgan fingerprint density at radius 3 is 2.38 bits per heavy atom. The highest BCUT2D eigenvalue weighted by molar-refractivity contribution is 7.90. The first-order valence-corrected chi connectivity index (χ1v) is 12.8. The molecule has 178 valence electrons. The fourth-order valence-corrected chi connectivity index (χ4v) is 3.60. The summed E-state index contributed by atoms with van der Waals surface area (Å²) < 4.78 is 22.8. The molecule has 0 radical (unpaired) electrons. The molecule has 0 aliphatic carbocycles. The lowest BCUT2D eigenvalue weighted by Crippen LogP contribution is -2.35. The molecule has 0 aliphatic rings. The third-order valence-corrected chi connectivity index (χ3v) is 5.75. The van der Waals surface area contributed by atoms with Crippen LogP contribution < -0.4 is 10.6 Å². The van der Waals surface area contributed by atoms with Crippen LogP contribution in [0, 0.1) is 13.8 Å². The molecule has 0 aromatic carbocycles. The predicted octanol–water partition coefficient (Wildman–Crippen LogP) is 2.34. The number of hydrogen-bond acceptors (Lipinski definition) is 5. The molecule has 1 heterocycles. The zero-order chi connectivity index (χ0) is 24.3. The van der Waals surface area contributed by atoms with Crippen LogP contribution in [0.25, 0.3) is 6.08 Å². The van der Waals surface area contributed by atoms with Crippen LogP contribution in [0.3, 0.4) is 0 Å². The van der Waals surface area contributed by atoms with E-state index in [0.29, 0.717) is 23.5 Å². The second-order valence-corrected chi connectivity index (χ2v) is 9.70. The first kappa shape index (κ1) is 27.4. The fourth-order valence-electron chi connectivity index (χ4n) is 3.15. The number of hydrogen-bond donors (Lipinski definition) is 3. The van der Waals surface area contributed by atoms with E-state index < -0.39 is 9.84 Å². The van der Waals surface area contributed by atoms with Gasteiger partial charge in [-0.25, -0.2) is 8.42 Å². The maximum absolute atomic E-state index is 12.8. The van der Waals surface area contributed by atoms with Crippen molar-refractivity contribution in [2.24, 2.45) is 0 Å². The molecule has 2 amide bonds. The molecular formula is C23H36N4O4S. The van der Waals surface area contributed by atoms with Crippen molar-refractivity contribution in [3.63, 3.8) is 0 Å². The fraction of sp³-hybridized carbons (Fsp3) is 0.478. The van der Waals surface area contributed by atoms with E-state index in [4.69, 9.17) is 0 Å². The number of nitrogens with zero attached hydrogens (tertiary/aromatic N) is 1. The molecule has 1 rings (SSSR count). The second-order valence-electron chi connectivity index (χ2n) is 7.51. The number of likely N-dealkylation sites (N-methyl/N-ethyl adjacent to an activating group) is 1. The summed E-state index contributed by atoms with van der Waals surface area (Å²) in [6, 6.07) is 0. The van der Waals surface area contributed by atoms with Gasteiger partial charge in [-0.3, -0.25) is 9.59 Å². The number of sulfone groups is 1. The molecule has 1 aromatic heterocycles. The van der Waals surface area contributed by atoms with Gasteiger partial charge in [0, 0.05) is 36.3 Å². The highest BCUT2D eigenvalue weighted by atomic mass is 32.2. The number of nitrogens with one attached hydrogen (secondary N) is 3. The van der Waals surface area contributed by atoms with Crippen molar-refractivity contribution >= 4 is 27.7 Å². The largest absolute Gasteiger partial charge is 0.358 e. The number of amides is 2. The summed E-state index contributed by atoms with van der Waals surface area (Å²) in [5.74, 6) is -0.732. The van der Waals surface area contributed by atoms with Crippen LogP contribution in [0.1, 0.15) is 48.1 Å². The lowest BCUT2D eigenvalue weighted by atomic mass is 10.1. The van der Waals surface area contributed by atoms with Crippen LogP contribution in [-0.2, 0) is 14.6 Å². The summed E-state index contributed by atoms with van der Waals surface area (Å²) in [6.45, 7) is 12.7. The number of rotatable bonds is 12. The van der Waals surface area contributed by atoms with Crippen molar-refractivity contribution in [3.05, 3.63) is 52.5 Å². The SMILES string of the molecule is CC=CNC(=O)C(C=CCS(C)(=O)=O)=Cc1[nH]c(C)c(C(=O)NCCN(CC)CC)c1C. The van der Waals surface area contributed by atoms with E-state index in [1.165, 1.54) is 18.4 Å². The molecule has 0 saturated carbocycles. The van der Waals surface area contributed by atoms with E-state index in [1.807, 2.05) is 13.8 Å². The molecule has 1 aromatic rings. The molecule has 3 N–H and O–H groups in total. The topological polar surface area (TPSA) is 111 Å². The third-order valence-electron chi connectivity index (χ3n) is 4.95. The lowest BCUT2D eigenvalue weighted by molar-refractivity contribution is -0.116. The third kappa shape index (κ3) is 8.84. The van der Waals surface area contributed by atoms with Crippen LogP contribution in [-0.4, -0.2) is 68.3 Å². The molecule has 32 heavy (non-hydrogen) atoms. The Morgan fingerprint density at radius 1 is 1.16 bits per heavy atom. The monoisotopic (exact) mass is 464 g/mol. The van der Waals surface area contributed by atoms with Crippen LogP contribution in [0.4, 0.5) is 0 Å². The molecule has 8 nitrogen and oxygen atoms in total. The van der Waals surface area contributed by atoms with Crippen molar-refractivity contribution < 1.29 is 18.0 Å². The average molecular weight is 465 g/mol. The average Bonchev–Trinajstić information content (AvgIpc) is 3.00. The molecule has 0 aliphatic heterocycles. The number of aromatic amines is 1. The summed E-state index contributed by atoms with van der Waals surface area (Å²) in [6.07, 6.45) is 8.83. The van der Waals surface area contributed by atoms with Crippen LogP contribution in [0.5, 0.6) is 0 Å². The number of carbonyl (C=O) groups excluding carboxylic acids is 2. The van der Waals surface area contributed by atoms with Gasteiger partial charge in [-0.2, -0.15) is 0 Å². The van der Waals surface area contributed by atoms with Gasteiger partial charge in [-0.05, 0) is 51.7 Å². The Kier molecular flexibility index (Phi) is 11.1. The molecule has 0 atom stereocenters. The van der Waals surface area contributed by atoms with E-state index >= 15 is 0 Å². The molecule has 0 fully saturated rings. The zero-order valence-corrected chi connectivity index (χ0v) is 20.7. The Balaban J connectivity index is 3.16. The van der Waals surface area contributed by atoms with Crippen LogP contribution in [0.15, 0.2) is 30.0 Å². The van der Waals surface area contributed by atoms with E-state index in [9.17, 15) is 18.0 Å². The Bertz CT molecular complexity index is 984. The summed E-state index contributed by atoms with van der Waals surface area (Å²) in [5.41, 5.74) is 2.85. The van der Waals surface area contributed by atoms with Gasteiger partial charge in [0.25, 0.3) is 11.8 Å². The minimum atomic E-state index is -3.20. The molecule has 0 bridgehead atoms. The van der Waals surface area contributed by atoms with Gasteiger partial charge in [-0.15, -0.1) is 0 Å². The molecular weight excluding hydrogens is 428 g/mol. The second kappa shape index (κ2) is 13.0. The summed E-state index contributed by atoms with van der Waals surface area (Å²) >= 11 is 0. The van der Waals surface area contributed by atoms with E-state index in [0.717, 1.165) is 31.5 Å². The Morgan fingerprint density at radius 2 is 1.81 bits per heavy atom. The van der Waals surface area contributed by atoms with Gasteiger partial charge in [0.05, 0.1) is 11.3 Å². The molecule has 0 unspecified atom stereocenters. The highest BCUT2D eigenvalue weighted by Gasteiger charge is 2.18. The predicted molar refractivity (Wildman–Crippen MR) is 130 cm³/mol. The van der Waals surface area contributed by atoms with Crippen molar-refractivity contribution in [3.8, 4) is 0 Å². The van der Waals surface area contributed by atoms with Crippen molar-refractivity contribution in [1.29, 1.82) is 0 Å². The number of carbonyl (C=O) groups is 2. The number of aromatic nitrogens is 1. The number of H-pyrrole nitrogens is 1. The van der Waals surface area contributed by atoms with Gasteiger partial charge in [0.2, 0.25) is 0 Å². The zero-order valence-electron chi connectivity index (χ0n) is 19.9. The summed E-state index contributed by atoms with van der Waals surface area (Å²) in [7, 11) is -3.20. The minimum absolute atomic E-state index is 0.171. The van der Waals surface area contributed by atoms with Crippen molar-refractivity contribution in [1.82, 2.24) is 20.5 Å². The molecule has 0 spiro atoms. The standard InChI is InChI=1S/C23H36N4O4S/c1-7-12-24-22(28)19(11-10-15-32(6,30)31)16-20-17(4)21(18(5)26-20)23(29)25-13-14-27(8-2)9-3/h7,10-12,16,26H,8-9,13-15H2,1-6H3,(H,24,28)(H,25,29). The van der Waals surface area contributed by atoms with E-state index in [2.05, 4.69) is 34.4 Å². The summed E-state index contributed by atoms with van der Waals surface area (Å²) in [4.78, 5) is 30.7. The summed E-state index contributed by atoms with van der Waals surface area (Å²) in [5, 5.41) is 5.58. The van der Waals surface area contributed by atoms with Crippen molar-refractivity contribution in [2.45, 2.75) is 34.6 Å². The smallest absolute Gasteiger partial charge is 0.255 e. The van der Waals surface area contributed by atoms with Gasteiger partial charge in [0.1, 0.15) is 0 Å². The maximum atomic E-state index is 12.8. The maximum Gasteiger partial charge on any atom is 0.255 e. The minimum Gasteiger partial charge on any atom is -0.358 e. The molecule has 9 heteroatoms. The van der Waals surface area contributed by atoms with Crippen molar-refractivity contribution in [2.75, 3.05) is 38.2 Å². The van der Waals surface area contributed by atoms with E-state index in [1.54, 1.807) is 19.1 Å². The first-order valence-electron chi connectivity index (χ1n) is 10.7. The van der Waals surface area contributed by atoms with E-state index in [-0.39, 0.29) is 23.1 Å².